The van der Waals surface area contributed by atoms with E-state index in [0.29, 0.717) is 5.56 Å². The van der Waals surface area contributed by atoms with Crippen molar-refractivity contribution >= 4 is 17.8 Å². The summed E-state index contributed by atoms with van der Waals surface area (Å²) >= 11 is 0. The quantitative estimate of drug-likeness (QED) is 0.747. The minimum Gasteiger partial charge on any atom is -0.496 e. The molecule has 2 aromatic rings. The van der Waals surface area contributed by atoms with E-state index < -0.39 is 17.8 Å². The monoisotopic (exact) mass is 329 g/mol. The Morgan fingerprint density at radius 3 is 2.17 bits per heavy atom. The predicted molar refractivity (Wildman–Crippen MR) is 84.5 cm³/mol. The van der Waals surface area contributed by atoms with Gasteiger partial charge in [-0.1, -0.05) is 18.2 Å². The highest BCUT2D eigenvalue weighted by atomic mass is 16.5. The van der Waals surface area contributed by atoms with Crippen molar-refractivity contribution in [3.05, 3.63) is 64.7 Å². The van der Waals surface area contributed by atoms with Crippen LogP contribution in [0, 0.1) is 0 Å². The van der Waals surface area contributed by atoms with Crippen molar-refractivity contribution in [3.63, 3.8) is 0 Å². The molecule has 124 valence electrons. The molecule has 0 aromatic heterocycles. The maximum Gasteiger partial charge on any atom is 0.339 e. The number of carboxylic acids is 2. The molecule has 0 aliphatic rings. The van der Waals surface area contributed by atoms with Gasteiger partial charge in [-0.05, 0) is 29.8 Å². The van der Waals surface area contributed by atoms with E-state index in [0.717, 1.165) is 0 Å². The Morgan fingerprint density at radius 2 is 1.58 bits per heavy atom. The van der Waals surface area contributed by atoms with E-state index in [4.69, 9.17) is 14.9 Å². The average molecular weight is 329 g/mol. The van der Waals surface area contributed by atoms with Crippen LogP contribution in [0.15, 0.2) is 42.5 Å². The molecule has 0 spiro atoms. The maximum absolute atomic E-state index is 12.2. The van der Waals surface area contributed by atoms with E-state index in [9.17, 15) is 14.4 Å². The zero-order valence-electron chi connectivity index (χ0n) is 12.8. The number of methoxy groups -OCH3 is 1. The zero-order valence-corrected chi connectivity index (χ0v) is 12.8. The number of carbonyl (C=O) groups is 3. The molecular weight excluding hydrogens is 314 g/mol. The first kappa shape index (κ1) is 17.0. The number of aromatic carboxylic acids is 2. The van der Waals surface area contributed by atoms with Crippen molar-refractivity contribution in [2.45, 2.75) is 6.54 Å². The first-order chi connectivity index (χ1) is 11.4. The summed E-state index contributed by atoms with van der Waals surface area (Å²) in [6.07, 6.45) is 0. The van der Waals surface area contributed by atoms with Crippen molar-refractivity contribution in [1.82, 2.24) is 5.32 Å². The Morgan fingerprint density at radius 1 is 0.958 bits per heavy atom. The van der Waals surface area contributed by atoms with Gasteiger partial charge in [-0.3, -0.25) is 4.79 Å². The van der Waals surface area contributed by atoms with E-state index in [-0.39, 0.29) is 29.0 Å². The third-order valence-corrected chi connectivity index (χ3v) is 3.35. The van der Waals surface area contributed by atoms with E-state index >= 15 is 0 Å². The lowest BCUT2D eigenvalue weighted by molar-refractivity contribution is 0.0682. The highest BCUT2D eigenvalue weighted by molar-refractivity contribution is 6.04. The number of carboxylic acid groups (broad SMARTS) is 2. The van der Waals surface area contributed by atoms with Gasteiger partial charge >= 0.3 is 11.9 Å². The highest BCUT2D eigenvalue weighted by Crippen LogP contribution is 2.20. The van der Waals surface area contributed by atoms with Crippen LogP contribution in [0.4, 0.5) is 0 Å². The fourth-order valence-corrected chi connectivity index (χ4v) is 2.17. The normalized spacial score (nSPS) is 10.0. The second kappa shape index (κ2) is 7.28. The lowest BCUT2D eigenvalue weighted by Crippen LogP contribution is -2.25. The van der Waals surface area contributed by atoms with Crippen LogP contribution in [0.3, 0.4) is 0 Å². The molecule has 7 heteroatoms. The Labute approximate surface area is 137 Å². The molecule has 0 saturated heterocycles. The molecule has 0 heterocycles. The number of carbonyl (C=O) groups excluding carboxylic acids is 1. The predicted octanol–water partition coefficient (Wildman–Crippen LogP) is 2.02. The molecule has 0 aliphatic heterocycles. The van der Waals surface area contributed by atoms with Gasteiger partial charge < -0.3 is 20.3 Å². The molecule has 0 radical (unpaired) electrons. The summed E-state index contributed by atoms with van der Waals surface area (Å²) in [4.78, 5) is 34.3. The van der Waals surface area contributed by atoms with Gasteiger partial charge in [0.15, 0.2) is 0 Å². The minimum atomic E-state index is -1.19. The van der Waals surface area contributed by atoms with Crippen molar-refractivity contribution in [2.24, 2.45) is 0 Å². The first-order valence-electron chi connectivity index (χ1n) is 6.94. The van der Waals surface area contributed by atoms with Crippen LogP contribution < -0.4 is 10.1 Å². The Balaban J connectivity index is 2.15. The minimum absolute atomic E-state index is 0.0174. The summed E-state index contributed by atoms with van der Waals surface area (Å²) in [6.45, 7) is 0.100. The third-order valence-electron chi connectivity index (χ3n) is 3.35. The fourth-order valence-electron chi connectivity index (χ4n) is 2.17. The van der Waals surface area contributed by atoms with Crippen molar-refractivity contribution < 1.29 is 29.3 Å². The van der Waals surface area contributed by atoms with Crippen LogP contribution in [0.1, 0.15) is 36.6 Å². The number of ether oxygens (including phenoxy) is 1. The lowest BCUT2D eigenvalue weighted by Gasteiger charge is -2.10. The molecule has 3 N–H and O–H groups in total. The third kappa shape index (κ3) is 3.70. The van der Waals surface area contributed by atoms with Crippen LogP contribution in [0.25, 0.3) is 0 Å². The first-order valence-corrected chi connectivity index (χ1v) is 6.94. The number of hydrogen-bond acceptors (Lipinski definition) is 4. The summed E-state index contributed by atoms with van der Waals surface area (Å²) in [7, 11) is 1.35. The molecule has 24 heavy (non-hydrogen) atoms. The molecule has 2 rings (SSSR count). The number of rotatable bonds is 6. The van der Waals surface area contributed by atoms with E-state index in [1.54, 1.807) is 12.1 Å². The Kier molecular flexibility index (Phi) is 5.16. The van der Waals surface area contributed by atoms with Crippen LogP contribution in [0.2, 0.25) is 0 Å². The van der Waals surface area contributed by atoms with Crippen molar-refractivity contribution in [2.75, 3.05) is 7.11 Å². The highest BCUT2D eigenvalue weighted by Gasteiger charge is 2.16. The second-order valence-electron chi connectivity index (χ2n) is 4.87. The molecule has 0 saturated carbocycles. The molecule has 0 unspecified atom stereocenters. The number of amides is 1. The topological polar surface area (TPSA) is 113 Å². The molecule has 0 bridgehead atoms. The van der Waals surface area contributed by atoms with Crippen molar-refractivity contribution in [1.29, 1.82) is 0 Å². The van der Waals surface area contributed by atoms with Gasteiger partial charge in [-0.15, -0.1) is 0 Å². The Bertz CT molecular complexity index is 799. The maximum atomic E-state index is 12.2. The molecular formula is C17H15NO6. The summed E-state index contributed by atoms with van der Waals surface area (Å²) in [5, 5.41) is 20.7. The summed E-state index contributed by atoms with van der Waals surface area (Å²) in [5.74, 6) is -2.65. The second-order valence-corrected chi connectivity index (χ2v) is 4.87. The summed E-state index contributed by atoms with van der Waals surface area (Å²) < 4.78 is 5.02. The number of benzene rings is 2. The Hall–Kier alpha value is -3.35. The standard InChI is InChI=1S/C17H15NO6/c1-24-14-8-10(6-7-13(14)17(22)23)9-18-15(19)11-4-2-3-5-12(11)16(20)21/h2-8H,9H2,1H3,(H,18,19)(H,20,21)(H,22,23). The van der Waals surface area contributed by atoms with Crippen LogP contribution in [-0.2, 0) is 6.54 Å². The van der Waals surface area contributed by atoms with E-state index in [1.165, 1.54) is 37.4 Å². The zero-order chi connectivity index (χ0) is 17.7. The van der Waals surface area contributed by atoms with Crippen LogP contribution in [-0.4, -0.2) is 35.2 Å². The number of nitrogens with one attached hydrogen (secondary N) is 1. The molecule has 2 aromatic carbocycles. The van der Waals surface area contributed by atoms with E-state index in [1.807, 2.05) is 0 Å². The molecule has 0 atom stereocenters. The smallest absolute Gasteiger partial charge is 0.339 e. The van der Waals surface area contributed by atoms with Crippen LogP contribution >= 0.6 is 0 Å². The van der Waals surface area contributed by atoms with Gasteiger partial charge in [0.05, 0.1) is 18.2 Å². The fraction of sp³-hybridized carbons (Fsp3) is 0.118. The average Bonchev–Trinajstić information content (AvgIpc) is 2.59. The number of hydrogen-bond donors (Lipinski definition) is 3. The van der Waals surface area contributed by atoms with Gasteiger partial charge in [-0.2, -0.15) is 0 Å². The van der Waals surface area contributed by atoms with Gasteiger partial charge in [0.2, 0.25) is 0 Å². The molecule has 0 fully saturated rings. The SMILES string of the molecule is COc1cc(CNC(=O)c2ccccc2C(=O)O)ccc1C(=O)O. The summed E-state index contributed by atoms with van der Waals surface area (Å²) in [5.41, 5.74) is 0.606. The van der Waals surface area contributed by atoms with E-state index in [2.05, 4.69) is 5.32 Å². The van der Waals surface area contributed by atoms with Gasteiger partial charge in [0.25, 0.3) is 5.91 Å². The van der Waals surface area contributed by atoms with Gasteiger partial charge in [0, 0.05) is 6.54 Å². The molecule has 1 amide bonds. The summed E-state index contributed by atoms with van der Waals surface area (Å²) in [6, 6.07) is 10.3. The van der Waals surface area contributed by atoms with Gasteiger partial charge in [0.1, 0.15) is 11.3 Å². The lowest BCUT2D eigenvalue weighted by atomic mass is 10.1. The van der Waals surface area contributed by atoms with Crippen molar-refractivity contribution in [3.8, 4) is 5.75 Å². The van der Waals surface area contributed by atoms with Crippen LogP contribution in [0.5, 0.6) is 5.75 Å². The molecule has 7 nitrogen and oxygen atoms in total. The molecule has 0 aliphatic carbocycles. The van der Waals surface area contributed by atoms with Gasteiger partial charge in [-0.25, -0.2) is 9.59 Å². The largest absolute Gasteiger partial charge is 0.496 e.